The molecule has 1 atom stereocenters. The highest BCUT2D eigenvalue weighted by Gasteiger charge is 2.19. The van der Waals surface area contributed by atoms with Gasteiger partial charge in [-0.25, -0.2) is 4.98 Å². The van der Waals surface area contributed by atoms with Gasteiger partial charge in [-0.3, -0.25) is 10.1 Å². The number of hydrogen-bond donors (Lipinski definition) is 1. The quantitative estimate of drug-likeness (QED) is 0.873. The molecule has 138 valence electrons. The molecular formula is C19H23N3O3S. The molecule has 26 heavy (non-hydrogen) atoms. The van der Waals surface area contributed by atoms with E-state index in [9.17, 15) is 4.79 Å². The SMILES string of the molecule is CN1CCc2nc(NC(=O)c3ccc(OC[C@@H]4CCCO4)cc3)sc2C1. The molecule has 7 heteroatoms. The van der Waals surface area contributed by atoms with Gasteiger partial charge in [0.1, 0.15) is 12.4 Å². The molecular weight excluding hydrogens is 350 g/mol. The summed E-state index contributed by atoms with van der Waals surface area (Å²) in [5.74, 6) is 0.611. The molecule has 2 aliphatic heterocycles. The van der Waals surface area contributed by atoms with E-state index < -0.39 is 0 Å². The minimum Gasteiger partial charge on any atom is -0.491 e. The van der Waals surface area contributed by atoms with Crippen LogP contribution in [0.4, 0.5) is 5.13 Å². The fourth-order valence-corrected chi connectivity index (χ4v) is 4.30. The number of aromatic nitrogens is 1. The Bertz CT molecular complexity index is 769. The molecule has 0 radical (unpaired) electrons. The third kappa shape index (κ3) is 4.06. The summed E-state index contributed by atoms with van der Waals surface area (Å²) < 4.78 is 11.3. The van der Waals surface area contributed by atoms with Crippen molar-refractivity contribution < 1.29 is 14.3 Å². The lowest BCUT2D eigenvalue weighted by Crippen LogP contribution is -2.25. The van der Waals surface area contributed by atoms with Gasteiger partial charge in [0.2, 0.25) is 0 Å². The minimum absolute atomic E-state index is 0.143. The molecule has 1 saturated heterocycles. The summed E-state index contributed by atoms with van der Waals surface area (Å²) in [5.41, 5.74) is 1.71. The lowest BCUT2D eigenvalue weighted by molar-refractivity contribution is 0.0679. The first kappa shape index (κ1) is 17.5. The highest BCUT2D eigenvalue weighted by molar-refractivity contribution is 7.15. The molecule has 1 fully saturated rings. The Morgan fingerprint density at radius 3 is 3.04 bits per heavy atom. The molecule has 1 aromatic heterocycles. The Kier molecular flexibility index (Phi) is 5.19. The van der Waals surface area contributed by atoms with Gasteiger partial charge < -0.3 is 14.4 Å². The first-order valence-electron chi connectivity index (χ1n) is 9.00. The van der Waals surface area contributed by atoms with E-state index in [1.165, 1.54) is 4.88 Å². The zero-order chi connectivity index (χ0) is 17.9. The topological polar surface area (TPSA) is 63.7 Å². The lowest BCUT2D eigenvalue weighted by Gasteiger charge is -2.20. The number of likely N-dealkylation sites (N-methyl/N-ethyl adjacent to an activating group) is 1. The van der Waals surface area contributed by atoms with E-state index in [0.717, 1.165) is 50.4 Å². The second kappa shape index (κ2) is 7.73. The number of hydrogen-bond acceptors (Lipinski definition) is 6. The number of amides is 1. The third-order valence-corrected chi connectivity index (χ3v) is 5.72. The molecule has 2 aromatic rings. The molecule has 0 unspecified atom stereocenters. The van der Waals surface area contributed by atoms with E-state index in [1.54, 1.807) is 23.5 Å². The average molecular weight is 373 g/mol. The fraction of sp³-hybridized carbons (Fsp3) is 0.474. The zero-order valence-electron chi connectivity index (χ0n) is 14.9. The van der Waals surface area contributed by atoms with Gasteiger partial charge in [0.15, 0.2) is 5.13 Å². The van der Waals surface area contributed by atoms with Gasteiger partial charge in [0.25, 0.3) is 5.91 Å². The number of rotatable bonds is 5. The summed E-state index contributed by atoms with van der Waals surface area (Å²) in [6.45, 7) is 3.30. The van der Waals surface area contributed by atoms with E-state index in [4.69, 9.17) is 9.47 Å². The number of nitrogens with zero attached hydrogens (tertiary/aromatic N) is 2. The Hall–Kier alpha value is -1.96. The standard InChI is InChI=1S/C19H23N3O3S/c1-22-9-8-16-17(11-22)26-19(20-16)21-18(23)13-4-6-14(7-5-13)25-12-15-3-2-10-24-15/h4-7,15H,2-3,8-12H2,1H3,(H,20,21,23)/t15-/m0/s1. The normalized spacial score (nSPS) is 20.0. The molecule has 2 aliphatic rings. The van der Waals surface area contributed by atoms with Crippen molar-refractivity contribution in [3.63, 3.8) is 0 Å². The zero-order valence-corrected chi connectivity index (χ0v) is 15.7. The molecule has 1 amide bonds. The summed E-state index contributed by atoms with van der Waals surface area (Å²) in [6.07, 6.45) is 3.28. The molecule has 1 N–H and O–H groups in total. The van der Waals surface area contributed by atoms with Crippen molar-refractivity contribution in [2.45, 2.75) is 31.9 Å². The van der Waals surface area contributed by atoms with Crippen LogP contribution in [-0.4, -0.2) is 48.7 Å². The summed E-state index contributed by atoms with van der Waals surface area (Å²) in [4.78, 5) is 20.5. The van der Waals surface area contributed by atoms with E-state index in [-0.39, 0.29) is 12.0 Å². The van der Waals surface area contributed by atoms with Crippen LogP contribution in [0.3, 0.4) is 0 Å². The number of thiazole rings is 1. The molecule has 6 nitrogen and oxygen atoms in total. The number of nitrogens with one attached hydrogen (secondary N) is 1. The first-order chi connectivity index (χ1) is 12.7. The summed E-state index contributed by atoms with van der Waals surface area (Å²) in [5, 5.41) is 3.59. The van der Waals surface area contributed by atoms with Crippen molar-refractivity contribution in [3.8, 4) is 5.75 Å². The van der Waals surface area contributed by atoms with Crippen LogP contribution in [0.1, 0.15) is 33.8 Å². The minimum atomic E-state index is -0.143. The summed E-state index contributed by atoms with van der Waals surface area (Å²) >= 11 is 1.56. The Morgan fingerprint density at radius 1 is 1.42 bits per heavy atom. The predicted octanol–water partition coefficient (Wildman–Crippen LogP) is 2.94. The predicted molar refractivity (Wildman–Crippen MR) is 101 cm³/mol. The summed E-state index contributed by atoms with van der Waals surface area (Å²) in [6, 6.07) is 7.21. The Labute approximate surface area is 157 Å². The van der Waals surface area contributed by atoms with Crippen LogP contribution < -0.4 is 10.1 Å². The van der Waals surface area contributed by atoms with Crippen LogP contribution in [0.15, 0.2) is 24.3 Å². The Morgan fingerprint density at radius 2 is 2.27 bits per heavy atom. The molecule has 0 saturated carbocycles. The Balaban J connectivity index is 1.34. The maximum absolute atomic E-state index is 12.5. The maximum atomic E-state index is 12.5. The van der Waals surface area contributed by atoms with Gasteiger partial charge in [-0.2, -0.15) is 0 Å². The second-order valence-corrected chi connectivity index (χ2v) is 7.88. The van der Waals surface area contributed by atoms with Gasteiger partial charge in [0.05, 0.1) is 11.8 Å². The number of carbonyl (C=O) groups is 1. The van der Waals surface area contributed by atoms with Crippen molar-refractivity contribution in [2.24, 2.45) is 0 Å². The number of anilines is 1. The highest BCUT2D eigenvalue weighted by Crippen LogP contribution is 2.28. The van der Waals surface area contributed by atoms with E-state index in [1.807, 2.05) is 12.1 Å². The second-order valence-electron chi connectivity index (χ2n) is 6.80. The van der Waals surface area contributed by atoms with Crippen molar-refractivity contribution >= 4 is 22.4 Å². The fourth-order valence-electron chi connectivity index (χ4n) is 3.21. The van der Waals surface area contributed by atoms with Gasteiger partial charge >= 0.3 is 0 Å². The number of carbonyl (C=O) groups excluding carboxylic acids is 1. The van der Waals surface area contributed by atoms with Gasteiger partial charge in [-0.1, -0.05) is 0 Å². The van der Waals surface area contributed by atoms with Crippen LogP contribution >= 0.6 is 11.3 Å². The average Bonchev–Trinajstić information content (AvgIpc) is 3.29. The van der Waals surface area contributed by atoms with E-state index in [2.05, 4.69) is 22.2 Å². The smallest absolute Gasteiger partial charge is 0.257 e. The number of ether oxygens (including phenoxy) is 2. The van der Waals surface area contributed by atoms with Crippen molar-refractivity contribution in [1.82, 2.24) is 9.88 Å². The highest BCUT2D eigenvalue weighted by atomic mass is 32.1. The monoisotopic (exact) mass is 373 g/mol. The largest absolute Gasteiger partial charge is 0.491 e. The third-order valence-electron chi connectivity index (χ3n) is 4.72. The first-order valence-corrected chi connectivity index (χ1v) is 9.82. The number of benzene rings is 1. The van der Waals surface area contributed by atoms with E-state index >= 15 is 0 Å². The maximum Gasteiger partial charge on any atom is 0.257 e. The van der Waals surface area contributed by atoms with Crippen LogP contribution in [-0.2, 0) is 17.7 Å². The van der Waals surface area contributed by atoms with Crippen LogP contribution in [0, 0.1) is 0 Å². The summed E-state index contributed by atoms with van der Waals surface area (Å²) in [7, 11) is 2.10. The molecule has 0 spiro atoms. The van der Waals surface area contributed by atoms with Crippen LogP contribution in [0.5, 0.6) is 5.75 Å². The lowest BCUT2D eigenvalue weighted by atomic mass is 10.2. The molecule has 1 aromatic carbocycles. The van der Waals surface area contributed by atoms with Gasteiger partial charge in [-0.05, 0) is 44.2 Å². The van der Waals surface area contributed by atoms with Crippen molar-refractivity contribution in [1.29, 1.82) is 0 Å². The van der Waals surface area contributed by atoms with Gasteiger partial charge in [0, 0.05) is 36.6 Å². The molecule has 0 bridgehead atoms. The number of fused-ring (bicyclic) bond motifs is 1. The van der Waals surface area contributed by atoms with Crippen molar-refractivity contribution in [3.05, 3.63) is 40.4 Å². The molecule has 0 aliphatic carbocycles. The van der Waals surface area contributed by atoms with Crippen molar-refractivity contribution in [2.75, 3.05) is 32.1 Å². The van der Waals surface area contributed by atoms with Crippen LogP contribution in [0.2, 0.25) is 0 Å². The molecule has 4 rings (SSSR count). The molecule has 3 heterocycles. The van der Waals surface area contributed by atoms with Gasteiger partial charge in [-0.15, -0.1) is 11.3 Å². The van der Waals surface area contributed by atoms with Crippen LogP contribution in [0.25, 0.3) is 0 Å². The van der Waals surface area contributed by atoms with E-state index in [0.29, 0.717) is 17.3 Å².